The van der Waals surface area contributed by atoms with Gasteiger partial charge in [0.05, 0.1) is 25.5 Å². The van der Waals surface area contributed by atoms with Gasteiger partial charge in [-0.15, -0.1) is 0 Å². The number of morpholine rings is 1. The summed E-state index contributed by atoms with van der Waals surface area (Å²) in [5.74, 6) is 0. The van der Waals surface area contributed by atoms with Crippen LogP contribution in [0, 0.1) is 13.8 Å². The second-order valence-electron chi connectivity index (χ2n) is 8.30. The molecule has 7 heteroatoms. The van der Waals surface area contributed by atoms with Crippen molar-refractivity contribution in [3.8, 4) is 0 Å². The Morgan fingerprint density at radius 2 is 1.69 bits per heavy atom. The number of ether oxygens (including phenoxy) is 1. The third-order valence-electron chi connectivity index (χ3n) is 5.57. The number of amides is 2. The first-order chi connectivity index (χ1) is 15.5. The van der Waals surface area contributed by atoms with Crippen LogP contribution in [0.1, 0.15) is 28.1 Å². The lowest BCUT2D eigenvalue weighted by Crippen LogP contribution is -2.35. The molecule has 1 aliphatic rings. The third-order valence-corrected chi connectivity index (χ3v) is 5.57. The minimum atomic E-state index is -0.216. The highest BCUT2D eigenvalue weighted by molar-refractivity contribution is 5.89. The number of urea groups is 1. The van der Waals surface area contributed by atoms with Gasteiger partial charge < -0.3 is 15.4 Å². The fraction of sp³-hybridized carbons (Fsp3) is 0.360. The van der Waals surface area contributed by atoms with E-state index in [0.717, 1.165) is 61.1 Å². The number of carbonyl (C=O) groups excluding carboxylic acids is 1. The second kappa shape index (κ2) is 10.4. The van der Waals surface area contributed by atoms with Crippen LogP contribution in [-0.2, 0) is 24.4 Å². The van der Waals surface area contributed by atoms with Gasteiger partial charge in [0.15, 0.2) is 0 Å². The molecule has 0 spiro atoms. The van der Waals surface area contributed by atoms with E-state index in [0.29, 0.717) is 13.1 Å². The number of rotatable bonds is 7. The lowest BCUT2D eigenvalue weighted by atomic mass is 10.1. The molecule has 32 heavy (non-hydrogen) atoms. The Balaban J connectivity index is 1.29. The number of anilines is 1. The van der Waals surface area contributed by atoms with E-state index < -0.39 is 0 Å². The molecule has 2 heterocycles. The standard InChI is InChI=1S/C25H31N5O2/c1-19-13-20(2)30(28-19)18-23-7-4-8-24(15-23)27-25(31)26-16-21-5-3-6-22(14-21)17-29-9-11-32-12-10-29/h3-8,13-15H,9-12,16-18H2,1-2H3,(H2,26,27,31). The van der Waals surface area contributed by atoms with Crippen molar-refractivity contribution in [1.29, 1.82) is 0 Å². The Labute approximate surface area is 189 Å². The van der Waals surface area contributed by atoms with Crippen molar-refractivity contribution in [3.63, 3.8) is 0 Å². The Hall–Kier alpha value is -3.16. The molecule has 0 bridgehead atoms. The van der Waals surface area contributed by atoms with E-state index in [2.05, 4.69) is 38.8 Å². The molecular weight excluding hydrogens is 402 g/mol. The molecule has 0 atom stereocenters. The van der Waals surface area contributed by atoms with Crippen molar-refractivity contribution in [2.45, 2.75) is 33.5 Å². The molecule has 1 aromatic heterocycles. The van der Waals surface area contributed by atoms with E-state index in [-0.39, 0.29) is 6.03 Å². The van der Waals surface area contributed by atoms with Gasteiger partial charge in [-0.3, -0.25) is 9.58 Å². The van der Waals surface area contributed by atoms with Gasteiger partial charge in [0, 0.05) is 37.6 Å². The third kappa shape index (κ3) is 6.18. The van der Waals surface area contributed by atoms with Crippen LogP contribution in [0.3, 0.4) is 0 Å². The minimum Gasteiger partial charge on any atom is -0.379 e. The van der Waals surface area contributed by atoms with E-state index >= 15 is 0 Å². The summed E-state index contributed by atoms with van der Waals surface area (Å²) in [6, 6.07) is 18.1. The van der Waals surface area contributed by atoms with E-state index in [4.69, 9.17) is 4.74 Å². The molecule has 7 nitrogen and oxygen atoms in total. The van der Waals surface area contributed by atoms with E-state index in [1.54, 1.807) is 0 Å². The van der Waals surface area contributed by atoms with Gasteiger partial charge in [0.1, 0.15) is 0 Å². The summed E-state index contributed by atoms with van der Waals surface area (Å²) in [6.45, 7) is 9.61. The quantitative estimate of drug-likeness (QED) is 0.596. The molecule has 3 aromatic rings. The predicted octanol–water partition coefficient (Wildman–Crippen LogP) is 3.70. The Morgan fingerprint density at radius 3 is 2.44 bits per heavy atom. The van der Waals surface area contributed by atoms with Crippen molar-refractivity contribution in [2.24, 2.45) is 0 Å². The molecule has 2 N–H and O–H groups in total. The van der Waals surface area contributed by atoms with Crippen LogP contribution in [0.5, 0.6) is 0 Å². The fourth-order valence-corrected chi connectivity index (χ4v) is 3.97. The number of carbonyl (C=O) groups is 1. The number of hydrogen-bond donors (Lipinski definition) is 2. The first kappa shape index (κ1) is 22.0. The normalized spacial score (nSPS) is 14.3. The number of aromatic nitrogens is 2. The monoisotopic (exact) mass is 433 g/mol. The summed E-state index contributed by atoms with van der Waals surface area (Å²) in [5.41, 5.74) is 6.32. The lowest BCUT2D eigenvalue weighted by Gasteiger charge is -2.26. The zero-order valence-electron chi connectivity index (χ0n) is 18.8. The Morgan fingerprint density at radius 1 is 0.969 bits per heavy atom. The van der Waals surface area contributed by atoms with Crippen LogP contribution in [-0.4, -0.2) is 47.0 Å². The van der Waals surface area contributed by atoms with Crippen molar-refractivity contribution in [1.82, 2.24) is 20.0 Å². The van der Waals surface area contributed by atoms with Gasteiger partial charge in [0.2, 0.25) is 0 Å². The molecule has 0 unspecified atom stereocenters. The summed E-state index contributed by atoms with van der Waals surface area (Å²) in [5, 5.41) is 10.4. The highest BCUT2D eigenvalue weighted by Crippen LogP contribution is 2.14. The largest absolute Gasteiger partial charge is 0.379 e. The van der Waals surface area contributed by atoms with E-state index in [1.165, 1.54) is 5.56 Å². The molecule has 2 amide bonds. The molecule has 1 saturated heterocycles. The van der Waals surface area contributed by atoms with Gasteiger partial charge in [-0.05, 0) is 48.7 Å². The number of nitrogens with zero attached hydrogens (tertiary/aromatic N) is 3. The van der Waals surface area contributed by atoms with Gasteiger partial charge in [-0.25, -0.2) is 4.79 Å². The Bertz CT molecular complexity index is 1060. The maximum atomic E-state index is 12.5. The second-order valence-corrected chi connectivity index (χ2v) is 8.30. The van der Waals surface area contributed by atoms with Crippen molar-refractivity contribution < 1.29 is 9.53 Å². The lowest BCUT2D eigenvalue weighted by molar-refractivity contribution is 0.0342. The molecule has 168 valence electrons. The van der Waals surface area contributed by atoms with Crippen LogP contribution in [0.25, 0.3) is 0 Å². The van der Waals surface area contributed by atoms with Gasteiger partial charge >= 0.3 is 6.03 Å². The zero-order chi connectivity index (χ0) is 22.3. The average Bonchev–Trinajstić information content (AvgIpc) is 3.10. The molecule has 2 aromatic carbocycles. The van der Waals surface area contributed by atoms with Gasteiger partial charge in [0.25, 0.3) is 0 Å². The highest BCUT2D eigenvalue weighted by atomic mass is 16.5. The minimum absolute atomic E-state index is 0.216. The fourth-order valence-electron chi connectivity index (χ4n) is 3.97. The SMILES string of the molecule is Cc1cc(C)n(Cc2cccc(NC(=O)NCc3cccc(CN4CCOCC4)c3)c2)n1. The van der Waals surface area contributed by atoms with Crippen molar-refractivity contribution >= 4 is 11.7 Å². The molecule has 4 rings (SSSR count). The predicted molar refractivity (Wildman–Crippen MR) is 126 cm³/mol. The summed E-state index contributed by atoms with van der Waals surface area (Å²) in [6.07, 6.45) is 0. The summed E-state index contributed by atoms with van der Waals surface area (Å²) in [7, 11) is 0. The average molecular weight is 434 g/mol. The number of benzene rings is 2. The number of hydrogen-bond acceptors (Lipinski definition) is 4. The summed E-state index contributed by atoms with van der Waals surface area (Å²) in [4.78, 5) is 14.8. The number of nitrogens with one attached hydrogen (secondary N) is 2. The summed E-state index contributed by atoms with van der Waals surface area (Å²) >= 11 is 0. The van der Waals surface area contributed by atoms with Crippen molar-refractivity contribution in [3.05, 3.63) is 82.7 Å². The van der Waals surface area contributed by atoms with Crippen LogP contribution in [0.2, 0.25) is 0 Å². The molecule has 0 radical (unpaired) electrons. The van der Waals surface area contributed by atoms with Gasteiger partial charge in [-0.2, -0.15) is 5.10 Å². The molecule has 1 aliphatic heterocycles. The maximum Gasteiger partial charge on any atom is 0.319 e. The molecule has 0 aliphatic carbocycles. The smallest absolute Gasteiger partial charge is 0.319 e. The Kier molecular flexibility index (Phi) is 7.19. The topological polar surface area (TPSA) is 71.4 Å². The van der Waals surface area contributed by atoms with Crippen LogP contribution < -0.4 is 10.6 Å². The molecule has 0 saturated carbocycles. The molecule has 1 fully saturated rings. The van der Waals surface area contributed by atoms with E-state index in [1.807, 2.05) is 54.9 Å². The van der Waals surface area contributed by atoms with Gasteiger partial charge in [-0.1, -0.05) is 36.4 Å². The van der Waals surface area contributed by atoms with Crippen molar-refractivity contribution in [2.75, 3.05) is 31.6 Å². The van der Waals surface area contributed by atoms with Crippen LogP contribution in [0.4, 0.5) is 10.5 Å². The summed E-state index contributed by atoms with van der Waals surface area (Å²) < 4.78 is 7.39. The number of aryl methyl sites for hydroxylation is 2. The first-order valence-corrected chi connectivity index (χ1v) is 11.1. The molecular formula is C25H31N5O2. The van der Waals surface area contributed by atoms with Crippen LogP contribution >= 0.6 is 0 Å². The zero-order valence-corrected chi connectivity index (χ0v) is 18.8. The maximum absolute atomic E-state index is 12.5. The van der Waals surface area contributed by atoms with Crippen LogP contribution in [0.15, 0.2) is 54.6 Å². The highest BCUT2D eigenvalue weighted by Gasteiger charge is 2.11. The first-order valence-electron chi connectivity index (χ1n) is 11.1. The van der Waals surface area contributed by atoms with E-state index in [9.17, 15) is 4.79 Å².